The Morgan fingerprint density at radius 3 is 2.65 bits per heavy atom. The Hall–Kier alpha value is -2.04. The first-order chi connectivity index (χ1) is 9.39. The van der Waals surface area contributed by atoms with Crippen molar-refractivity contribution >= 4 is 17.6 Å². The molecule has 1 amide bonds. The van der Waals surface area contributed by atoms with Crippen LogP contribution < -0.4 is 10.6 Å². The number of aliphatic carboxylic acids is 1. The average molecular weight is 276 g/mol. The van der Waals surface area contributed by atoms with E-state index in [1.165, 1.54) is 0 Å². The van der Waals surface area contributed by atoms with E-state index >= 15 is 0 Å². The fraction of sp³-hybridized carbons (Fsp3) is 0.467. The van der Waals surface area contributed by atoms with E-state index < -0.39 is 17.3 Å². The molecule has 5 heteroatoms. The highest BCUT2D eigenvalue weighted by atomic mass is 16.4. The molecule has 0 bridgehead atoms. The number of rotatable bonds is 4. The fourth-order valence-electron chi connectivity index (χ4n) is 2.80. The lowest BCUT2D eigenvalue weighted by molar-refractivity contribution is -0.147. The molecule has 0 spiro atoms. The first-order valence-corrected chi connectivity index (χ1v) is 6.78. The SMILES string of the molecule is CCC1(C(=O)O)CCN(c2cc(C)ccc2C(N)=O)C1. The number of primary amides is 1. The van der Waals surface area contributed by atoms with Gasteiger partial charge in [-0.15, -0.1) is 0 Å². The van der Waals surface area contributed by atoms with Gasteiger partial charge in [-0.3, -0.25) is 9.59 Å². The summed E-state index contributed by atoms with van der Waals surface area (Å²) in [6, 6.07) is 5.44. The number of hydrogen-bond acceptors (Lipinski definition) is 3. The number of hydrogen-bond donors (Lipinski definition) is 2. The molecule has 1 saturated heterocycles. The first kappa shape index (κ1) is 14.4. The maximum Gasteiger partial charge on any atom is 0.311 e. The number of carboxylic acid groups (broad SMARTS) is 1. The zero-order valence-corrected chi connectivity index (χ0v) is 11.8. The van der Waals surface area contributed by atoms with Crippen molar-refractivity contribution in [2.24, 2.45) is 11.1 Å². The summed E-state index contributed by atoms with van der Waals surface area (Å²) >= 11 is 0. The number of nitrogens with two attached hydrogens (primary N) is 1. The summed E-state index contributed by atoms with van der Waals surface area (Å²) in [5, 5.41) is 9.44. The van der Waals surface area contributed by atoms with Crippen LogP contribution in [0.1, 0.15) is 35.7 Å². The highest BCUT2D eigenvalue weighted by Crippen LogP contribution is 2.38. The molecule has 1 heterocycles. The van der Waals surface area contributed by atoms with Gasteiger partial charge in [0.1, 0.15) is 0 Å². The molecule has 1 atom stereocenters. The second-order valence-corrected chi connectivity index (χ2v) is 5.50. The molecule has 0 aromatic heterocycles. The van der Waals surface area contributed by atoms with Crippen LogP contribution in [0.15, 0.2) is 18.2 Å². The molecule has 108 valence electrons. The van der Waals surface area contributed by atoms with Gasteiger partial charge in [-0.2, -0.15) is 0 Å². The van der Waals surface area contributed by atoms with Crippen molar-refractivity contribution in [3.63, 3.8) is 0 Å². The van der Waals surface area contributed by atoms with E-state index in [1.807, 2.05) is 30.9 Å². The van der Waals surface area contributed by atoms with Crippen molar-refractivity contribution in [3.05, 3.63) is 29.3 Å². The van der Waals surface area contributed by atoms with Crippen LogP contribution >= 0.6 is 0 Å². The number of carbonyl (C=O) groups excluding carboxylic acids is 1. The molecule has 0 radical (unpaired) electrons. The highest BCUT2D eigenvalue weighted by Gasteiger charge is 2.43. The second-order valence-electron chi connectivity index (χ2n) is 5.50. The number of benzene rings is 1. The summed E-state index contributed by atoms with van der Waals surface area (Å²) < 4.78 is 0. The fourth-order valence-corrected chi connectivity index (χ4v) is 2.80. The lowest BCUT2D eigenvalue weighted by Gasteiger charge is -2.25. The summed E-state index contributed by atoms with van der Waals surface area (Å²) in [6.45, 7) is 4.88. The number of amides is 1. The quantitative estimate of drug-likeness (QED) is 0.878. The van der Waals surface area contributed by atoms with Gasteiger partial charge in [-0.05, 0) is 37.5 Å². The first-order valence-electron chi connectivity index (χ1n) is 6.78. The Labute approximate surface area is 118 Å². The largest absolute Gasteiger partial charge is 0.481 e. The maximum absolute atomic E-state index is 11.5. The molecule has 1 unspecified atom stereocenters. The van der Waals surface area contributed by atoms with Crippen LogP contribution in [-0.2, 0) is 4.79 Å². The molecule has 2 rings (SSSR count). The number of nitrogens with zero attached hydrogens (tertiary/aromatic N) is 1. The Morgan fingerprint density at radius 1 is 1.45 bits per heavy atom. The van der Waals surface area contributed by atoms with E-state index in [1.54, 1.807) is 6.07 Å². The average Bonchev–Trinajstić information content (AvgIpc) is 2.83. The number of aryl methyl sites for hydroxylation is 1. The normalized spacial score (nSPS) is 22.0. The molecule has 5 nitrogen and oxygen atoms in total. The topological polar surface area (TPSA) is 83.6 Å². The van der Waals surface area contributed by atoms with Gasteiger partial charge in [0.2, 0.25) is 0 Å². The molecule has 1 aromatic rings. The van der Waals surface area contributed by atoms with Crippen LogP contribution in [0.4, 0.5) is 5.69 Å². The number of carbonyl (C=O) groups is 2. The van der Waals surface area contributed by atoms with Crippen LogP contribution in [0.25, 0.3) is 0 Å². The van der Waals surface area contributed by atoms with Gasteiger partial charge in [-0.1, -0.05) is 13.0 Å². The van der Waals surface area contributed by atoms with E-state index in [0.717, 1.165) is 11.3 Å². The van der Waals surface area contributed by atoms with Gasteiger partial charge in [-0.25, -0.2) is 0 Å². The van der Waals surface area contributed by atoms with Gasteiger partial charge >= 0.3 is 5.97 Å². The highest BCUT2D eigenvalue weighted by molar-refractivity contribution is 5.99. The summed E-state index contributed by atoms with van der Waals surface area (Å²) in [5.74, 6) is -1.25. The van der Waals surface area contributed by atoms with E-state index in [9.17, 15) is 14.7 Å². The van der Waals surface area contributed by atoms with Crippen LogP contribution in [-0.4, -0.2) is 30.1 Å². The van der Waals surface area contributed by atoms with Gasteiger partial charge in [0.05, 0.1) is 11.0 Å². The Kier molecular flexibility index (Phi) is 3.70. The molecule has 20 heavy (non-hydrogen) atoms. The van der Waals surface area contributed by atoms with E-state index in [4.69, 9.17) is 5.73 Å². The lowest BCUT2D eigenvalue weighted by atomic mass is 9.84. The summed E-state index contributed by atoms with van der Waals surface area (Å²) in [4.78, 5) is 25.0. The number of carboxylic acids is 1. The van der Waals surface area contributed by atoms with Crippen molar-refractivity contribution in [1.82, 2.24) is 0 Å². The summed E-state index contributed by atoms with van der Waals surface area (Å²) in [6.07, 6.45) is 1.17. The zero-order valence-electron chi connectivity index (χ0n) is 11.8. The monoisotopic (exact) mass is 276 g/mol. The minimum absolute atomic E-state index is 0.419. The summed E-state index contributed by atoms with van der Waals surface area (Å²) in [5.41, 5.74) is 6.91. The molecule has 1 aromatic carbocycles. The van der Waals surface area contributed by atoms with E-state index in [-0.39, 0.29) is 0 Å². The predicted molar refractivity (Wildman–Crippen MR) is 76.9 cm³/mol. The third-order valence-corrected chi connectivity index (χ3v) is 4.24. The van der Waals surface area contributed by atoms with Crippen LogP contribution in [0, 0.1) is 12.3 Å². The minimum Gasteiger partial charge on any atom is -0.481 e. The smallest absolute Gasteiger partial charge is 0.311 e. The Morgan fingerprint density at radius 2 is 2.15 bits per heavy atom. The van der Waals surface area contributed by atoms with Crippen LogP contribution in [0.5, 0.6) is 0 Å². The lowest BCUT2D eigenvalue weighted by Crippen LogP contribution is -2.34. The molecule has 0 saturated carbocycles. The van der Waals surface area contributed by atoms with Gasteiger partial charge < -0.3 is 15.7 Å². The molecular weight excluding hydrogens is 256 g/mol. The van der Waals surface area contributed by atoms with E-state index in [2.05, 4.69) is 0 Å². The Balaban J connectivity index is 2.37. The van der Waals surface area contributed by atoms with Crippen molar-refractivity contribution in [2.45, 2.75) is 26.7 Å². The molecule has 0 aliphatic carbocycles. The second kappa shape index (κ2) is 5.15. The van der Waals surface area contributed by atoms with E-state index in [0.29, 0.717) is 31.5 Å². The molecule has 1 aliphatic rings. The van der Waals surface area contributed by atoms with Crippen LogP contribution in [0.3, 0.4) is 0 Å². The molecule has 3 N–H and O–H groups in total. The van der Waals surface area contributed by atoms with Crippen molar-refractivity contribution in [1.29, 1.82) is 0 Å². The molecule has 1 fully saturated rings. The third kappa shape index (κ3) is 2.35. The predicted octanol–water partition coefficient (Wildman–Crippen LogP) is 1.79. The third-order valence-electron chi connectivity index (χ3n) is 4.24. The van der Waals surface area contributed by atoms with Crippen molar-refractivity contribution in [2.75, 3.05) is 18.0 Å². The van der Waals surface area contributed by atoms with Crippen molar-refractivity contribution < 1.29 is 14.7 Å². The number of anilines is 1. The Bertz CT molecular complexity index is 556. The molecular formula is C15H20N2O3. The van der Waals surface area contributed by atoms with Crippen molar-refractivity contribution in [3.8, 4) is 0 Å². The minimum atomic E-state index is -0.768. The summed E-state index contributed by atoms with van der Waals surface area (Å²) in [7, 11) is 0. The maximum atomic E-state index is 11.5. The standard InChI is InChI=1S/C15H20N2O3/c1-3-15(14(19)20)6-7-17(9-15)12-8-10(2)4-5-11(12)13(16)18/h4-5,8H,3,6-7,9H2,1-2H3,(H2,16,18)(H,19,20). The zero-order chi connectivity index (χ0) is 14.9. The van der Waals surface area contributed by atoms with Crippen LogP contribution in [0.2, 0.25) is 0 Å². The van der Waals surface area contributed by atoms with Gasteiger partial charge in [0.15, 0.2) is 0 Å². The van der Waals surface area contributed by atoms with Gasteiger partial charge in [0.25, 0.3) is 5.91 Å². The molecule has 1 aliphatic heterocycles. The van der Waals surface area contributed by atoms with Gasteiger partial charge in [0, 0.05) is 18.8 Å².